The Hall–Kier alpha value is -2.20. The monoisotopic (exact) mass is 514 g/mol. The Labute approximate surface area is 188 Å². The van der Waals surface area contributed by atoms with E-state index in [2.05, 4.69) is 20.9 Å². The van der Waals surface area contributed by atoms with Gasteiger partial charge < -0.3 is 21.1 Å². The zero-order valence-corrected chi connectivity index (χ0v) is 18.9. The third kappa shape index (κ3) is 8.36. The molecule has 6 nitrogen and oxygen atoms in total. The molecule has 0 spiro atoms. The zero-order chi connectivity index (χ0) is 20.4. The van der Waals surface area contributed by atoms with Gasteiger partial charge in [0.1, 0.15) is 5.82 Å². The number of benzene rings is 2. The highest BCUT2D eigenvalue weighted by Crippen LogP contribution is 2.13. The Bertz CT molecular complexity index is 800. The minimum atomic E-state index is -0.805. The standard InChI is InChI=1S/C21H27FN4O2.HI/c1-3-24-21(26-14-19(27)16-7-9-18(22)10-8-16)25-12-11-15-5-4-6-17(13-15)20(28)23-2;/h4-10,13,19,27H,3,11-12,14H2,1-2H3,(H,23,28)(H2,24,25,26);1H. The molecule has 0 heterocycles. The molecule has 0 fully saturated rings. The van der Waals surface area contributed by atoms with E-state index in [0.29, 0.717) is 30.2 Å². The van der Waals surface area contributed by atoms with E-state index in [1.165, 1.54) is 12.1 Å². The van der Waals surface area contributed by atoms with Crippen LogP contribution in [0.25, 0.3) is 0 Å². The van der Waals surface area contributed by atoms with Crippen LogP contribution in [0.4, 0.5) is 4.39 Å². The summed E-state index contributed by atoms with van der Waals surface area (Å²) in [5, 5.41) is 19.2. The van der Waals surface area contributed by atoms with Gasteiger partial charge in [0.15, 0.2) is 5.96 Å². The molecule has 0 aliphatic rings. The lowest BCUT2D eigenvalue weighted by atomic mass is 10.1. The third-order valence-electron chi connectivity index (χ3n) is 4.14. The molecule has 2 aromatic carbocycles. The molecule has 0 aliphatic heterocycles. The Morgan fingerprint density at radius 1 is 1.17 bits per heavy atom. The summed E-state index contributed by atoms with van der Waals surface area (Å²) in [6.45, 7) is 3.42. The predicted molar refractivity (Wildman–Crippen MR) is 124 cm³/mol. The van der Waals surface area contributed by atoms with E-state index >= 15 is 0 Å². The number of hydrogen-bond acceptors (Lipinski definition) is 3. The molecule has 8 heteroatoms. The summed E-state index contributed by atoms with van der Waals surface area (Å²) < 4.78 is 13.0. The van der Waals surface area contributed by atoms with Crippen molar-refractivity contribution in [2.24, 2.45) is 4.99 Å². The van der Waals surface area contributed by atoms with Gasteiger partial charge in [-0.1, -0.05) is 24.3 Å². The van der Waals surface area contributed by atoms with Crippen LogP contribution < -0.4 is 16.0 Å². The second-order valence-corrected chi connectivity index (χ2v) is 6.24. The SMILES string of the molecule is CCNC(=NCC(O)c1ccc(F)cc1)NCCc1cccc(C(=O)NC)c1.I. The number of aliphatic imine (C=N–C) groups is 1. The molecule has 0 aliphatic carbocycles. The van der Waals surface area contributed by atoms with E-state index in [0.717, 1.165) is 12.0 Å². The summed E-state index contributed by atoms with van der Waals surface area (Å²) in [6.07, 6.45) is -0.0873. The molecular weight excluding hydrogens is 486 g/mol. The largest absolute Gasteiger partial charge is 0.386 e. The fraction of sp³-hybridized carbons (Fsp3) is 0.333. The van der Waals surface area contributed by atoms with E-state index in [-0.39, 0.29) is 42.2 Å². The number of hydrogen-bond donors (Lipinski definition) is 4. The fourth-order valence-corrected chi connectivity index (χ4v) is 2.65. The summed E-state index contributed by atoms with van der Waals surface area (Å²) in [5.74, 6) is 0.139. The molecule has 4 N–H and O–H groups in total. The van der Waals surface area contributed by atoms with Crippen LogP contribution in [0.15, 0.2) is 53.5 Å². The van der Waals surface area contributed by atoms with Crippen molar-refractivity contribution in [1.82, 2.24) is 16.0 Å². The molecule has 2 rings (SSSR count). The van der Waals surface area contributed by atoms with Crippen molar-refractivity contribution >= 4 is 35.8 Å². The topological polar surface area (TPSA) is 85.8 Å². The Morgan fingerprint density at radius 3 is 2.55 bits per heavy atom. The van der Waals surface area contributed by atoms with Crippen LogP contribution in [0.5, 0.6) is 0 Å². The molecule has 1 amide bonds. The number of carbonyl (C=O) groups excluding carboxylic acids is 1. The molecule has 1 atom stereocenters. The highest BCUT2D eigenvalue weighted by atomic mass is 127. The number of carbonyl (C=O) groups is 1. The summed E-state index contributed by atoms with van der Waals surface area (Å²) in [6, 6.07) is 13.2. The van der Waals surface area contributed by atoms with Gasteiger partial charge in [-0.05, 0) is 48.7 Å². The first-order valence-corrected chi connectivity index (χ1v) is 9.30. The molecular formula is C21H28FIN4O2. The lowest BCUT2D eigenvalue weighted by Gasteiger charge is -2.13. The molecule has 29 heavy (non-hydrogen) atoms. The Balaban J connectivity index is 0.00000420. The average Bonchev–Trinajstić information content (AvgIpc) is 2.72. The average molecular weight is 514 g/mol. The summed E-state index contributed by atoms with van der Waals surface area (Å²) in [5.41, 5.74) is 2.28. The third-order valence-corrected chi connectivity index (χ3v) is 4.14. The van der Waals surface area contributed by atoms with Crippen LogP contribution >= 0.6 is 24.0 Å². The van der Waals surface area contributed by atoms with Gasteiger partial charge in [-0.15, -0.1) is 24.0 Å². The van der Waals surface area contributed by atoms with Crippen LogP contribution in [0.2, 0.25) is 0 Å². The van der Waals surface area contributed by atoms with Gasteiger partial charge in [0.2, 0.25) is 0 Å². The van der Waals surface area contributed by atoms with Crippen molar-refractivity contribution in [1.29, 1.82) is 0 Å². The second-order valence-electron chi connectivity index (χ2n) is 6.24. The number of aliphatic hydroxyl groups excluding tert-OH is 1. The van der Waals surface area contributed by atoms with Gasteiger partial charge in [0, 0.05) is 25.7 Å². The van der Waals surface area contributed by atoms with Crippen LogP contribution in [-0.4, -0.2) is 43.7 Å². The highest BCUT2D eigenvalue weighted by molar-refractivity contribution is 14.0. The normalized spacial score (nSPS) is 11.9. The number of nitrogens with one attached hydrogen (secondary N) is 3. The van der Waals surface area contributed by atoms with Crippen molar-refractivity contribution < 1.29 is 14.3 Å². The number of guanidine groups is 1. The van der Waals surface area contributed by atoms with Crippen LogP contribution in [0, 0.1) is 5.82 Å². The van der Waals surface area contributed by atoms with Crippen LogP contribution in [0.3, 0.4) is 0 Å². The van der Waals surface area contributed by atoms with Crippen molar-refractivity contribution in [2.75, 3.05) is 26.7 Å². The predicted octanol–water partition coefficient (Wildman–Crippen LogP) is 2.63. The van der Waals surface area contributed by atoms with Crippen molar-refractivity contribution in [3.8, 4) is 0 Å². The van der Waals surface area contributed by atoms with E-state index < -0.39 is 6.10 Å². The highest BCUT2D eigenvalue weighted by Gasteiger charge is 2.08. The minimum absolute atomic E-state index is 0. The molecule has 0 saturated heterocycles. The van der Waals surface area contributed by atoms with Gasteiger partial charge in [0.05, 0.1) is 12.6 Å². The van der Waals surface area contributed by atoms with E-state index in [4.69, 9.17) is 0 Å². The maximum absolute atomic E-state index is 13.0. The molecule has 0 aromatic heterocycles. The Kier molecular flexibility index (Phi) is 11.2. The number of amides is 1. The molecule has 0 saturated carbocycles. The first-order valence-electron chi connectivity index (χ1n) is 9.30. The number of halogens is 2. The molecule has 0 bridgehead atoms. The van der Waals surface area contributed by atoms with E-state index in [9.17, 15) is 14.3 Å². The van der Waals surface area contributed by atoms with E-state index in [1.807, 2.05) is 25.1 Å². The Morgan fingerprint density at radius 2 is 1.90 bits per heavy atom. The van der Waals surface area contributed by atoms with Gasteiger partial charge in [-0.2, -0.15) is 0 Å². The summed E-state index contributed by atoms with van der Waals surface area (Å²) in [7, 11) is 1.61. The van der Waals surface area contributed by atoms with Gasteiger partial charge in [-0.25, -0.2) is 4.39 Å². The number of aliphatic hydroxyl groups is 1. The summed E-state index contributed by atoms with van der Waals surface area (Å²) >= 11 is 0. The molecule has 2 aromatic rings. The summed E-state index contributed by atoms with van der Waals surface area (Å²) in [4.78, 5) is 16.1. The first kappa shape index (κ1) is 24.8. The van der Waals surface area contributed by atoms with E-state index in [1.54, 1.807) is 25.2 Å². The van der Waals surface area contributed by atoms with Crippen molar-refractivity contribution in [2.45, 2.75) is 19.4 Å². The van der Waals surface area contributed by atoms with Crippen molar-refractivity contribution in [3.05, 3.63) is 71.0 Å². The first-order chi connectivity index (χ1) is 13.5. The maximum Gasteiger partial charge on any atom is 0.251 e. The smallest absolute Gasteiger partial charge is 0.251 e. The van der Waals surface area contributed by atoms with Crippen LogP contribution in [0.1, 0.15) is 34.5 Å². The quantitative estimate of drug-likeness (QED) is 0.248. The second kappa shape index (κ2) is 13.1. The lowest BCUT2D eigenvalue weighted by Crippen LogP contribution is -2.38. The number of nitrogens with zero attached hydrogens (tertiary/aromatic N) is 1. The van der Waals surface area contributed by atoms with Gasteiger partial charge >= 0.3 is 0 Å². The maximum atomic E-state index is 13.0. The minimum Gasteiger partial charge on any atom is -0.386 e. The zero-order valence-electron chi connectivity index (χ0n) is 16.6. The lowest BCUT2D eigenvalue weighted by molar-refractivity contribution is 0.0963. The van der Waals surface area contributed by atoms with Crippen molar-refractivity contribution in [3.63, 3.8) is 0 Å². The fourth-order valence-electron chi connectivity index (χ4n) is 2.65. The van der Waals surface area contributed by atoms with Gasteiger partial charge in [-0.3, -0.25) is 9.79 Å². The number of rotatable bonds is 8. The molecule has 0 radical (unpaired) electrons. The molecule has 1 unspecified atom stereocenters. The van der Waals surface area contributed by atoms with Crippen LogP contribution in [-0.2, 0) is 6.42 Å². The molecule has 158 valence electrons. The van der Waals surface area contributed by atoms with Gasteiger partial charge in [0.25, 0.3) is 5.91 Å².